The maximum atomic E-state index is 5.31. The van der Waals surface area contributed by atoms with Crippen LogP contribution >= 0.6 is 37.0 Å². The molecular formula is C4H10ClNS2. The zero-order valence-corrected chi connectivity index (χ0v) is 7.02. The van der Waals surface area contributed by atoms with E-state index in [1.165, 1.54) is 0 Å². The third-order valence-corrected chi connectivity index (χ3v) is 1.86. The molecule has 1 atom stereocenters. The third kappa shape index (κ3) is 3.89. The van der Waals surface area contributed by atoms with Crippen molar-refractivity contribution in [3.05, 3.63) is 0 Å². The molecule has 0 saturated carbocycles. The highest BCUT2D eigenvalue weighted by atomic mass is 35.5. The zero-order valence-electron chi connectivity index (χ0n) is 4.47. The highest BCUT2D eigenvalue weighted by molar-refractivity contribution is 7.80. The lowest BCUT2D eigenvalue weighted by Crippen LogP contribution is -2.22. The van der Waals surface area contributed by atoms with Gasteiger partial charge in [0, 0.05) is 11.8 Å². The molecule has 0 aliphatic rings. The average Bonchev–Trinajstić information content (AvgIpc) is 1.83. The summed E-state index contributed by atoms with van der Waals surface area (Å²) in [5.41, 5.74) is 0. The van der Waals surface area contributed by atoms with Gasteiger partial charge in [0.05, 0.1) is 0 Å². The number of nitrogens with one attached hydrogen (secondary N) is 1. The van der Waals surface area contributed by atoms with Gasteiger partial charge in [-0.3, -0.25) is 0 Å². The van der Waals surface area contributed by atoms with E-state index in [2.05, 4.69) is 30.1 Å². The summed E-state index contributed by atoms with van der Waals surface area (Å²) in [6.07, 6.45) is 0.968. The Balaban J connectivity index is 3.07. The highest BCUT2D eigenvalue weighted by Gasteiger charge is 2.00. The quantitative estimate of drug-likeness (QED) is 0.429. The van der Waals surface area contributed by atoms with E-state index in [0.29, 0.717) is 6.04 Å². The Kier molecular flexibility index (Phi) is 6.80. The summed E-state index contributed by atoms with van der Waals surface area (Å²) in [6, 6.07) is 0.303. The summed E-state index contributed by atoms with van der Waals surface area (Å²) in [7, 11) is 0. The molecule has 1 N–H and O–H groups in total. The second kappa shape index (κ2) is 6.08. The van der Waals surface area contributed by atoms with E-state index in [1.807, 2.05) is 0 Å². The summed E-state index contributed by atoms with van der Waals surface area (Å²) in [5, 5.41) is 0. The van der Waals surface area contributed by atoms with Crippen LogP contribution in [0.1, 0.15) is 6.42 Å². The third-order valence-electron chi connectivity index (χ3n) is 0.852. The minimum atomic E-state index is 0.303. The molecule has 0 radical (unpaired) electrons. The second-order valence-corrected chi connectivity index (χ2v) is 2.53. The van der Waals surface area contributed by atoms with Crippen molar-refractivity contribution in [1.82, 2.24) is 4.84 Å². The Bertz CT molecular complexity index is 49.3. The van der Waals surface area contributed by atoms with E-state index in [-0.39, 0.29) is 0 Å². The van der Waals surface area contributed by atoms with Gasteiger partial charge in [-0.15, -0.1) is 0 Å². The van der Waals surface area contributed by atoms with E-state index in [0.717, 1.165) is 17.9 Å². The van der Waals surface area contributed by atoms with Crippen molar-refractivity contribution >= 4 is 37.0 Å². The first-order valence-electron chi connectivity index (χ1n) is 2.43. The maximum absolute atomic E-state index is 5.31. The monoisotopic (exact) mass is 171 g/mol. The number of thiol groups is 2. The molecule has 0 aliphatic heterocycles. The van der Waals surface area contributed by atoms with Gasteiger partial charge in [0.2, 0.25) is 0 Å². The lowest BCUT2D eigenvalue weighted by Gasteiger charge is -2.07. The Labute approximate surface area is 66.1 Å². The number of rotatable bonds is 4. The Morgan fingerprint density at radius 3 is 2.25 bits per heavy atom. The Morgan fingerprint density at radius 2 is 2.12 bits per heavy atom. The van der Waals surface area contributed by atoms with Gasteiger partial charge in [-0.25, -0.2) is 4.84 Å². The molecule has 0 aliphatic carbocycles. The first-order chi connectivity index (χ1) is 3.85. The van der Waals surface area contributed by atoms with E-state index < -0.39 is 0 Å². The van der Waals surface area contributed by atoms with Crippen LogP contribution in [0.2, 0.25) is 0 Å². The van der Waals surface area contributed by atoms with Crippen molar-refractivity contribution in [2.75, 3.05) is 11.5 Å². The van der Waals surface area contributed by atoms with Gasteiger partial charge in [0.25, 0.3) is 0 Å². The standard InChI is InChI=1S/C4H10ClNS2/c5-6-4(3-8)1-2-7/h4,6-8H,1-3H2/t4-/m0/s1. The first kappa shape index (κ1) is 8.95. The van der Waals surface area contributed by atoms with Gasteiger partial charge in [0.15, 0.2) is 0 Å². The number of hydrogen-bond donors (Lipinski definition) is 3. The molecule has 0 spiro atoms. The molecule has 8 heavy (non-hydrogen) atoms. The minimum absolute atomic E-state index is 0.303. The topological polar surface area (TPSA) is 12.0 Å². The maximum Gasteiger partial charge on any atom is 0.0316 e. The van der Waals surface area contributed by atoms with Crippen molar-refractivity contribution in [2.45, 2.75) is 12.5 Å². The average molecular weight is 172 g/mol. The van der Waals surface area contributed by atoms with Gasteiger partial charge >= 0.3 is 0 Å². The van der Waals surface area contributed by atoms with Crippen molar-refractivity contribution in [3.63, 3.8) is 0 Å². The van der Waals surface area contributed by atoms with Crippen LogP contribution in [0.3, 0.4) is 0 Å². The fraction of sp³-hybridized carbons (Fsp3) is 1.00. The Morgan fingerprint density at radius 1 is 1.50 bits per heavy atom. The fourth-order valence-corrected chi connectivity index (χ4v) is 1.22. The van der Waals surface area contributed by atoms with Gasteiger partial charge in [0.1, 0.15) is 0 Å². The molecule has 1 nitrogen and oxygen atoms in total. The first-order valence-corrected chi connectivity index (χ1v) is 4.07. The lowest BCUT2D eigenvalue weighted by atomic mass is 10.3. The van der Waals surface area contributed by atoms with Crippen LogP contribution in [0.4, 0.5) is 0 Å². The molecule has 0 rings (SSSR count). The predicted octanol–water partition coefficient (Wildman–Crippen LogP) is 1.35. The molecule has 0 heterocycles. The molecule has 0 unspecified atom stereocenters. The normalized spacial score (nSPS) is 13.9. The smallest absolute Gasteiger partial charge is 0.0316 e. The van der Waals surface area contributed by atoms with E-state index in [9.17, 15) is 0 Å². The largest absolute Gasteiger partial charge is 0.230 e. The van der Waals surface area contributed by atoms with E-state index >= 15 is 0 Å². The molecule has 0 amide bonds. The fourth-order valence-electron chi connectivity index (χ4n) is 0.336. The Hall–Kier alpha value is 0.950. The second-order valence-electron chi connectivity index (χ2n) is 1.50. The minimum Gasteiger partial charge on any atom is -0.230 e. The highest BCUT2D eigenvalue weighted by Crippen LogP contribution is 1.96. The molecule has 0 saturated heterocycles. The van der Waals surface area contributed by atoms with Gasteiger partial charge in [-0.1, -0.05) is 0 Å². The van der Waals surface area contributed by atoms with Crippen LogP contribution in [-0.2, 0) is 0 Å². The van der Waals surface area contributed by atoms with Crippen molar-refractivity contribution in [2.24, 2.45) is 0 Å². The molecule has 50 valence electrons. The SMILES string of the molecule is SCC[C@@H](CS)NCl. The van der Waals surface area contributed by atoms with E-state index in [4.69, 9.17) is 11.8 Å². The summed E-state index contributed by atoms with van der Waals surface area (Å²) in [4.78, 5) is 2.60. The lowest BCUT2D eigenvalue weighted by molar-refractivity contribution is 0.680. The van der Waals surface area contributed by atoms with Crippen molar-refractivity contribution in [1.29, 1.82) is 0 Å². The van der Waals surface area contributed by atoms with Crippen LogP contribution in [0.5, 0.6) is 0 Å². The molecular weight excluding hydrogens is 162 g/mol. The van der Waals surface area contributed by atoms with Crippen molar-refractivity contribution in [3.8, 4) is 0 Å². The molecule has 4 heteroatoms. The molecule has 0 aromatic rings. The molecule has 0 aromatic heterocycles. The van der Waals surface area contributed by atoms with Gasteiger partial charge in [-0.05, 0) is 24.0 Å². The number of halogens is 1. The summed E-state index contributed by atoms with van der Waals surface area (Å²) < 4.78 is 0. The van der Waals surface area contributed by atoms with Crippen LogP contribution in [-0.4, -0.2) is 17.5 Å². The van der Waals surface area contributed by atoms with Crippen LogP contribution in [0.25, 0.3) is 0 Å². The van der Waals surface area contributed by atoms with Gasteiger partial charge in [-0.2, -0.15) is 25.3 Å². The van der Waals surface area contributed by atoms with E-state index in [1.54, 1.807) is 0 Å². The van der Waals surface area contributed by atoms with Crippen LogP contribution in [0, 0.1) is 0 Å². The summed E-state index contributed by atoms with van der Waals surface area (Å²) in [5.74, 6) is 1.62. The molecule has 0 bridgehead atoms. The number of hydrogen-bond acceptors (Lipinski definition) is 3. The summed E-state index contributed by atoms with van der Waals surface area (Å²) >= 11 is 13.4. The molecule has 0 fully saturated rings. The van der Waals surface area contributed by atoms with Crippen LogP contribution < -0.4 is 4.84 Å². The summed E-state index contributed by atoms with van der Waals surface area (Å²) in [6.45, 7) is 0. The predicted molar refractivity (Wildman–Crippen MR) is 45.1 cm³/mol. The van der Waals surface area contributed by atoms with Crippen LogP contribution in [0.15, 0.2) is 0 Å². The van der Waals surface area contributed by atoms with Crippen molar-refractivity contribution < 1.29 is 0 Å². The van der Waals surface area contributed by atoms with Gasteiger partial charge < -0.3 is 0 Å². The molecule has 0 aromatic carbocycles. The zero-order chi connectivity index (χ0) is 6.41.